The average molecular weight is 237 g/mol. The third-order valence-corrected chi connectivity index (χ3v) is 3.23. The van der Waals surface area contributed by atoms with Gasteiger partial charge < -0.3 is 4.57 Å². The zero-order chi connectivity index (χ0) is 12.7. The van der Waals surface area contributed by atoms with E-state index in [2.05, 4.69) is 41.7 Å². The molecule has 0 unspecified atom stereocenters. The molecular weight excluding hydrogens is 222 g/mol. The van der Waals surface area contributed by atoms with E-state index in [1.165, 1.54) is 11.1 Å². The number of rotatable bonds is 1. The van der Waals surface area contributed by atoms with Crippen LogP contribution in [0.3, 0.4) is 0 Å². The Morgan fingerprint density at radius 1 is 1.11 bits per heavy atom. The topological polar surface area (TPSA) is 30.7 Å². The lowest BCUT2D eigenvalue weighted by atomic mass is 10.2. The highest BCUT2D eigenvalue weighted by molar-refractivity contribution is 5.83. The standard InChI is InChI=1S/C15H15N3/c1-10-7-12(9-16-8-10)15-17-13-6-4-5-11(2)14(13)18(15)3/h4-9H,1-3H3. The molecule has 0 aliphatic carbocycles. The minimum Gasteiger partial charge on any atom is -0.327 e. The van der Waals surface area contributed by atoms with Gasteiger partial charge in [0.1, 0.15) is 5.82 Å². The van der Waals surface area contributed by atoms with Crippen LogP contribution in [0.25, 0.3) is 22.4 Å². The lowest BCUT2D eigenvalue weighted by molar-refractivity contribution is 0.953. The number of hydrogen-bond donors (Lipinski definition) is 0. The first-order chi connectivity index (χ1) is 8.66. The first-order valence-corrected chi connectivity index (χ1v) is 6.01. The maximum Gasteiger partial charge on any atom is 0.142 e. The van der Waals surface area contributed by atoms with Crippen LogP contribution in [0.4, 0.5) is 0 Å². The second-order valence-electron chi connectivity index (χ2n) is 4.69. The number of hydrogen-bond acceptors (Lipinski definition) is 2. The first-order valence-electron chi connectivity index (χ1n) is 6.01. The van der Waals surface area contributed by atoms with Crippen LogP contribution in [-0.2, 0) is 7.05 Å². The van der Waals surface area contributed by atoms with E-state index in [9.17, 15) is 0 Å². The molecule has 0 N–H and O–H groups in total. The number of nitrogens with zero attached hydrogens (tertiary/aromatic N) is 3. The summed E-state index contributed by atoms with van der Waals surface area (Å²) in [5, 5.41) is 0. The molecule has 1 aromatic carbocycles. The Morgan fingerprint density at radius 2 is 1.94 bits per heavy atom. The van der Waals surface area contributed by atoms with E-state index in [4.69, 9.17) is 4.98 Å². The van der Waals surface area contributed by atoms with E-state index in [-0.39, 0.29) is 0 Å². The van der Waals surface area contributed by atoms with Crippen molar-refractivity contribution in [3.05, 3.63) is 47.8 Å². The van der Waals surface area contributed by atoms with Gasteiger partial charge in [0.25, 0.3) is 0 Å². The van der Waals surface area contributed by atoms with Crippen molar-refractivity contribution in [2.45, 2.75) is 13.8 Å². The fourth-order valence-electron chi connectivity index (χ4n) is 2.40. The van der Waals surface area contributed by atoms with Crippen molar-refractivity contribution in [2.24, 2.45) is 7.05 Å². The fraction of sp³-hybridized carbons (Fsp3) is 0.200. The quantitative estimate of drug-likeness (QED) is 0.650. The summed E-state index contributed by atoms with van der Waals surface area (Å²) in [4.78, 5) is 8.95. The van der Waals surface area contributed by atoms with Gasteiger partial charge in [-0.05, 0) is 37.1 Å². The van der Waals surface area contributed by atoms with Gasteiger partial charge in [-0.25, -0.2) is 4.98 Å². The Kier molecular flexibility index (Phi) is 2.40. The molecule has 0 fully saturated rings. The monoisotopic (exact) mass is 237 g/mol. The molecule has 0 aliphatic rings. The van der Waals surface area contributed by atoms with Crippen LogP contribution in [0.15, 0.2) is 36.7 Å². The number of para-hydroxylation sites is 1. The van der Waals surface area contributed by atoms with Gasteiger partial charge in [-0.1, -0.05) is 12.1 Å². The molecule has 0 aliphatic heterocycles. The molecule has 0 spiro atoms. The Morgan fingerprint density at radius 3 is 2.67 bits per heavy atom. The number of imidazole rings is 1. The number of aromatic nitrogens is 3. The van der Waals surface area contributed by atoms with Gasteiger partial charge in [0.05, 0.1) is 11.0 Å². The molecule has 90 valence electrons. The lowest BCUT2D eigenvalue weighted by Crippen LogP contribution is -1.94. The highest BCUT2D eigenvalue weighted by Gasteiger charge is 2.11. The van der Waals surface area contributed by atoms with E-state index in [0.717, 1.165) is 22.5 Å². The molecule has 0 amide bonds. The van der Waals surface area contributed by atoms with Crippen molar-refractivity contribution in [3.8, 4) is 11.4 Å². The highest BCUT2D eigenvalue weighted by atomic mass is 15.1. The van der Waals surface area contributed by atoms with E-state index >= 15 is 0 Å². The Bertz CT molecular complexity index is 726. The summed E-state index contributed by atoms with van der Waals surface area (Å²) < 4.78 is 2.14. The minimum atomic E-state index is 0.968. The third-order valence-electron chi connectivity index (χ3n) is 3.23. The van der Waals surface area contributed by atoms with Gasteiger partial charge in [-0.2, -0.15) is 0 Å². The molecular formula is C15H15N3. The van der Waals surface area contributed by atoms with Gasteiger partial charge >= 0.3 is 0 Å². The third kappa shape index (κ3) is 1.59. The van der Waals surface area contributed by atoms with Crippen molar-refractivity contribution in [1.82, 2.24) is 14.5 Å². The van der Waals surface area contributed by atoms with E-state index in [1.54, 1.807) is 0 Å². The summed E-state index contributed by atoms with van der Waals surface area (Å²) >= 11 is 0. The first kappa shape index (κ1) is 11.0. The molecule has 18 heavy (non-hydrogen) atoms. The van der Waals surface area contributed by atoms with Crippen molar-refractivity contribution in [1.29, 1.82) is 0 Å². The van der Waals surface area contributed by atoms with Crippen LogP contribution in [-0.4, -0.2) is 14.5 Å². The predicted octanol–water partition coefficient (Wildman–Crippen LogP) is 3.25. The highest BCUT2D eigenvalue weighted by Crippen LogP contribution is 2.25. The summed E-state index contributed by atoms with van der Waals surface area (Å²) in [7, 11) is 2.06. The van der Waals surface area contributed by atoms with Crippen LogP contribution in [0.1, 0.15) is 11.1 Å². The van der Waals surface area contributed by atoms with Gasteiger partial charge in [0.15, 0.2) is 0 Å². The maximum atomic E-state index is 4.71. The molecule has 0 atom stereocenters. The molecule has 2 heterocycles. The molecule has 0 radical (unpaired) electrons. The van der Waals surface area contributed by atoms with Crippen LogP contribution in [0.2, 0.25) is 0 Å². The molecule has 0 saturated carbocycles. The van der Waals surface area contributed by atoms with Crippen molar-refractivity contribution in [2.75, 3.05) is 0 Å². The number of aryl methyl sites for hydroxylation is 3. The van der Waals surface area contributed by atoms with E-state index in [1.807, 2.05) is 25.4 Å². The zero-order valence-corrected chi connectivity index (χ0v) is 10.8. The van der Waals surface area contributed by atoms with Gasteiger partial charge in [0.2, 0.25) is 0 Å². The molecule has 3 rings (SSSR count). The summed E-state index contributed by atoms with van der Waals surface area (Å²) in [6, 6.07) is 8.32. The molecule has 0 bridgehead atoms. The summed E-state index contributed by atoms with van der Waals surface area (Å²) in [5.41, 5.74) is 5.68. The Labute approximate surface area is 106 Å². The number of pyridine rings is 1. The Hall–Kier alpha value is -2.16. The maximum absolute atomic E-state index is 4.71. The van der Waals surface area contributed by atoms with Gasteiger partial charge in [-0.3, -0.25) is 4.98 Å². The molecule has 0 saturated heterocycles. The molecule has 3 heteroatoms. The largest absolute Gasteiger partial charge is 0.327 e. The number of benzene rings is 1. The van der Waals surface area contributed by atoms with Crippen LogP contribution >= 0.6 is 0 Å². The van der Waals surface area contributed by atoms with Crippen molar-refractivity contribution in [3.63, 3.8) is 0 Å². The van der Waals surface area contributed by atoms with Crippen LogP contribution in [0.5, 0.6) is 0 Å². The normalized spacial score (nSPS) is 11.1. The number of fused-ring (bicyclic) bond motifs is 1. The second-order valence-corrected chi connectivity index (χ2v) is 4.69. The van der Waals surface area contributed by atoms with Gasteiger partial charge in [0, 0.05) is 25.0 Å². The molecule has 3 aromatic rings. The summed E-state index contributed by atoms with van der Waals surface area (Å²) in [6.45, 7) is 4.16. The van der Waals surface area contributed by atoms with Crippen LogP contribution < -0.4 is 0 Å². The van der Waals surface area contributed by atoms with Gasteiger partial charge in [-0.15, -0.1) is 0 Å². The molecule has 2 aromatic heterocycles. The fourth-order valence-corrected chi connectivity index (χ4v) is 2.40. The zero-order valence-electron chi connectivity index (χ0n) is 10.8. The van der Waals surface area contributed by atoms with E-state index in [0.29, 0.717) is 0 Å². The Balaban J connectivity index is 2.31. The molecule has 3 nitrogen and oxygen atoms in total. The van der Waals surface area contributed by atoms with Crippen molar-refractivity contribution >= 4 is 11.0 Å². The summed E-state index contributed by atoms with van der Waals surface area (Å²) in [6.07, 6.45) is 3.72. The average Bonchev–Trinajstić information content (AvgIpc) is 2.68. The SMILES string of the molecule is Cc1cncc(-c2nc3cccc(C)c3n2C)c1. The second kappa shape index (κ2) is 3.95. The smallest absolute Gasteiger partial charge is 0.142 e. The lowest BCUT2D eigenvalue weighted by Gasteiger charge is -2.04. The van der Waals surface area contributed by atoms with Crippen LogP contribution in [0, 0.1) is 13.8 Å². The minimum absolute atomic E-state index is 0.968. The van der Waals surface area contributed by atoms with E-state index < -0.39 is 0 Å². The van der Waals surface area contributed by atoms with Crippen molar-refractivity contribution < 1.29 is 0 Å². The summed E-state index contributed by atoms with van der Waals surface area (Å²) in [5.74, 6) is 0.968. The predicted molar refractivity (Wildman–Crippen MR) is 73.4 cm³/mol.